The number of fused-ring (bicyclic) bond motifs is 1. The van der Waals surface area contributed by atoms with E-state index in [-0.39, 0.29) is 24.8 Å². The number of hydrogen-bond acceptors (Lipinski definition) is 8. The highest BCUT2D eigenvalue weighted by atomic mass is 35.5. The maximum absolute atomic E-state index is 13.5. The van der Waals surface area contributed by atoms with Gasteiger partial charge in [0.25, 0.3) is 5.56 Å². The predicted octanol–water partition coefficient (Wildman–Crippen LogP) is 2.56. The van der Waals surface area contributed by atoms with Crippen molar-refractivity contribution in [3.63, 3.8) is 0 Å². The van der Waals surface area contributed by atoms with Crippen molar-refractivity contribution in [2.24, 2.45) is 0 Å². The van der Waals surface area contributed by atoms with Crippen LogP contribution in [0, 0.1) is 6.92 Å². The first-order chi connectivity index (χ1) is 15.9. The van der Waals surface area contributed by atoms with Crippen LogP contribution in [-0.4, -0.2) is 59.0 Å². The summed E-state index contributed by atoms with van der Waals surface area (Å²) < 4.78 is 11.5. The number of aliphatic hydroxyl groups is 1. The molecule has 1 saturated heterocycles. The van der Waals surface area contributed by atoms with Crippen molar-refractivity contribution < 1.29 is 19.4 Å². The van der Waals surface area contributed by atoms with Gasteiger partial charge in [-0.15, -0.1) is 0 Å². The van der Waals surface area contributed by atoms with Crippen molar-refractivity contribution in [1.82, 2.24) is 14.5 Å². The SMILES string of the molecule is COC(=O)c1c(C)c2cnc(N3CCC[C@H]3CO)nc2n(Cc2ccc(OC)c(Cl)c2)c1=O. The number of halogens is 1. The lowest BCUT2D eigenvalue weighted by atomic mass is 10.1. The molecule has 3 heterocycles. The zero-order chi connectivity index (χ0) is 23.7. The van der Waals surface area contributed by atoms with E-state index in [1.54, 1.807) is 31.3 Å². The third kappa shape index (κ3) is 4.14. The average Bonchev–Trinajstić information content (AvgIpc) is 3.30. The van der Waals surface area contributed by atoms with Crippen LogP contribution in [0.25, 0.3) is 11.0 Å². The molecule has 1 atom stereocenters. The van der Waals surface area contributed by atoms with Crippen molar-refractivity contribution in [1.29, 1.82) is 0 Å². The van der Waals surface area contributed by atoms with Crippen molar-refractivity contribution in [2.75, 3.05) is 32.3 Å². The minimum Gasteiger partial charge on any atom is -0.495 e. The van der Waals surface area contributed by atoms with Gasteiger partial charge in [0.15, 0.2) is 0 Å². The van der Waals surface area contributed by atoms with E-state index in [4.69, 9.17) is 26.1 Å². The van der Waals surface area contributed by atoms with Gasteiger partial charge < -0.3 is 19.5 Å². The van der Waals surface area contributed by atoms with Crippen molar-refractivity contribution in [3.8, 4) is 5.75 Å². The molecule has 1 fully saturated rings. The summed E-state index contributed by atoms with van der Waals surface area (Å²) in [6.45, 7) is 2.52. The summed E-state index contributed by atoms with van der Waals surface area (Å²) in [4.78, 5) is 37.1. The van der Waals surface area contributed by atoms with E-state index in [2.05, 4.69) is 4.98 Å². The Kier molecular flexibility index (Phi) is 6.53. The average molecular weight is 473 g/mol. The third-order valence-corrected chi connectivity index (χ3v) is 6.34. The van der Waals surface area contributed by atoms with Crippen LogP contribution < -0.4 is 15.2 Å². The van der Waals surface area contributed by atoms with Gasteiger partial charge in [0.05, 0.1) is 38.4 Å². The van der Waals surface area contributed by atoms with Crippen LogP contribution >= 0.6 is 11.6 Å². The van der Waals surface area contributed by atoms with Crippen LogP contribution in [-0.2, 0) is 11.3 Å². The van der Waals surface area contributed by atoms with Gasteiger partial charge >= 0.3 is 5.97 Å². The molecule has 1 aliphatic rings. The standard InChI is InChI=1S/C23H25ClN4O5/c1-13-16-10-25-23(27-8-4-5-15(27)12-29)26-20(16)28(21(30)19(13)22(31)33-3)11-14-6-7-18(32-2)17(24)9-14/h6-7,9-10,15,29H,4-5,8,11-12H2,1-3H3/t15-/m0/s1. The zero-order valence-electron chi connectivity index (χ0n) is 18.7. The number of methoxy groups -OCH3 is 2. The minimum absolute atomic E-state index is 0.00113. The van der Waals surface area contributed by atoms with Crippen molar-refractivity contribution in [3.05, 3.63) is 56.5 Å². The maximum atomic E-state index is 13.5. The molecule has 1 aliphatic heterocycles. The Bertz CT molecular complexity index is 1280. The molecule has 2 aromatic heterocycles. The minimum atomic E-state index is -0.718. The molecule has 0 saturated carbocycles. The number of anilines is 1. The number of esters is 1. The lowest BCUT2D eigenvalue weighted by molar-refractivity contribution is 0.0597. The number of carbonyl (C=O) groups excluding carboxylic acids is 1. The first kappa shape index (κ1) is 23.0. The van der Waals surface area contributed by atoms with E-state index >= 15 is 0 Å². The smallest absolute Gasteiger partial charge is 0.343 e. The Hall–Kier alpha value is -3.17. The normalized spacial score (nSPS) is 15.8. The topological polar surface area (TPSA) is 107 Å². The summed E-state index contributed by atoms with van der Waals surface area (Å²) >= 11 is 6.28. The second-order valence-electron chi connectivity index (χ2n) is 7.93. The second kappa shape index (κ2) is 9.36. The number of aryl methyl sites for hydroxylation is 1. The van der Waals surface area contributed by atoms with Crippen LogP contribution in [0.2, 0.25) is 5.02 Å². The van der Waals surface area contributed by atoms with Crippen LogP contribution in [0.15, 0.2) is 29.2 Å². The van der Waals surface area contributed by atoms with Crippen LogP contribution in [0.3, 0.4) is 0 Å². The summed E-state index contributed by atoms with van der Waals surface area (Å²) in [5.74, 6) is 0.237. The van der Waals surface area contributed by atoms with Crippen LogP contribution in [0.5, 0.6) is 5.75 Å². The highest BCUT2D eigenvalue weighted by Gasteiger charge is 2.28. The summed E-state index contributed by atoms with van der Waals surface area (Å²) in [6, 6.07) is 5.15. The third-order valence-electron chi connectivity index (χ3n) is 6.04. The molecule has 0 radical (unpaired) electrons. The fourth-order valence-corrected chi connectivity index (χ4v) is 4.55. The van der Waals surface area contributed by atoms with Crippen molar-refractivity contribution in [2.45, 2.75) is 32.4 Å². The molecular formula is C23H25ClN4O5. The molecule has 1 aromatic carbocycles. The zero-order valence-corrected chi connectivity index (χ0v) is 19.4. The molecule has 0 amide bonds. The van der Waals surface area contributed by atoms with Gasteiger partial charge in [-0.05, 0) is 43.0 Å². The van der Waals surface area contributed by atoms with Gasteiger partial charge in [-0.2, -0.15) is 4.98 Å². The summed E-state index contributed by atoms with van der Waals surface area (Å²) in [7, 11) is 2.76. The molecule has 1 N–H and O–H groups in total. The largest absolute Gasteiger partial charge is 0.495 e. The quantitative estimate of drug-likeness (QED) is 0.545. The number of rotatable bonds is 6. The van der Waals surface area contributed by atoms with Gasteiger partial charge in [-0.1, -0.05) is 17.7 Å². The van der Waals surface area contributed by atoms with Gasteiger partial charge in [-0.3, -0.25) is 9.36 Å². The summed E-state index contributed by atoms with van der Waals surface area (Å²) in [5, 5.41) is 10.7. The Morgan fingerprint density at radius 1 is 1.33 bits per heavy atom. The number of hydrogen-bond donors (Lipinski definition) is 1. The van der Waals surface area contributed by atoms with E-state index < -0.39 is 11.5 Å². The highest BCUT2D eigenvalue weighted by Crippen LogP contribution is 2.28. The molecule has 0 unspecified atom stereocenters. The van der Waals surface area contributed by atoms with Gasteiger partial charge in [0, 0.05) is 18.1 Å². The van der Waals surface area contributed by atoms with E-state index in [9.17, 15) is 14.7 Å². The molecule has 0 bridgehead atoms. The lowest BCUT2D eigenvalue weighted by Gasteiger charge is -2.23. The first-order valence-corrected chi connectivity index (χ1v) is 11.0. The molecule has 0 spiro atoms. The molecule has 174 valence electrons. The number of pyridine rings is 1. The molecule has 4 rings (SSSR count). The summed E-state index contributed by atoms with van der Waals surface area (Å²) in [5.41, 5.74) is 1.01. The molecular weight excluding hydrogens is 448 g/mol. The number of carbonyl (C=O) groups is 1. The predicted molar refractivity (Wildman–Crippen MR) is 124 cm³/mol. The maximum Gasteiger partial charge on any atom is 0.343 e. The number of benzene rings is 1. The number of ether oxygens (including phenoxy) is 2. The summed E-state index contributed by atoms with van der Waals surface area (Å²) in [6.07, 6.45) is 3.38. The fourth-order valence-electron chi connectivity index (χ4n) is 4.27. The second-order valence-corrected chi connectivity index (χ2v) is 8.34. The Labute approximate surface area is 195 Å². The van der Waals surface area contributed by atoms with Crippen LogP contribution in [0.4, 0.5) is 5.95 Å². The molecule has 9 nitrogen and oxygen atoms in total. The van der Waals surface area contributed by atoms with Crippen LogP contribution in [0.1, 0.15) is 34.3 Å². The Balaban J connectivity index is 1.92. The molecule has 33 heavy (non-hydrogen) atoms. The fraction of sp³-hybridized carbons (Fsp3) is 0.391. The van der Waals surface area contributed by atoms with E-state index in [1.165, 1.54) is 18.8 Å². The van der Waals surface area contributed by atoms with Gasteiger partial charge in [0.1, 0.15) is 17.0 Å². The molecule has 10 heteroatoms. The number of aromatic nitrogens is 3. The number of aliphatic hydroxyl groups excluding tert-OH is 1. The van der Waals surface area contributed by atoms with E-state index in [0.717, 1.165) is 18.4 Å². The first-order valence-electron chi connectivity index (χ1n) is 10.6. The van der Waals surface area contributed by atoms with E-state index in [1.807, 2.05) is 4.90 Å². The molecule has 3 aromatic rings. The lowest BCUT2D eigenvalue weighted by Crippen LogP contribution is -2.34. The van der Waals surface area contributed by atoms with Gasteiger partial charge in [-0.25, -0.2) is 9.78 Å². The van der Waals surface area contributed by atoms with Crippen molar-refractivity contribution >= 4 is 34.6 Å². The van der Waals surface area contributed by atoms with E-state index in [0.29, 0.717) is 39.9 Å². The Morgan fingerprint density at radius 2 is 2.12 bits per heavy atom. The number of nitrogens with zero attached hydrogens (tertiary/aromatic N) is 4. The monoisotopic (exact) mass is 472 g/mol. The Morgan fingerprint density at radius 3 is 2.79 bits per heavy atom. The van der Waals surface area contributed by atoms with Gasteiger partial charge in [0.2, 0.25) is 5.95 Å². The molecule has 0 aliphatic carbocycles. The highest BCUT2D eigenvalue weighted by molar-refractivity contribution is 6.32.